The highest BCUT2D eigenvalue weighted by atomic mass is 16.2. The molecule has 0 aromatic carbocycles. The van der Waals surface area contributed by atoms with Crippen molar-refractivity contribution in [3.63, 3.8) is 0 Å². The van der Waals surface area contributed by atoms with E-state index in [9.17, 15) is 9.59 Å². The molecule has 0 spiro atoms. The second-order valence-corrected chi connectivity index (χ2v) is 4.15. The number of hydrogen-bond donors (Lipinski definition) is 2. The minimum Gasteiger partial charge on any atom is -0.338 e. The molecule has 6 nitrogen and oxygen atoms in total. The van der Waals surface area contributed by atoms with Crippen molar-refractivity contribution in [2.24, 2.45) is 0 Å². The van der Waals surface area contributed by atoms with Crippen LogP contribution < -0.4 is 10.6 Å². The quantitative estimate of drug-likeness (QED) is 0.637. The number of urea groups is 1. The monoisotopic (exact) mass is 226 g/mol. The van der Waals surface area contributed by atoms with Crippen LogP contribution in [0.5, 0.6) is 0 Å². The second-order valence-electron chi connectivity index (χ2n) is 4.15. The molecule has 2 fully saturated rings. The summed E-state index contributed by atoms with van der Waals surface area (Å²) in [7, 11) is 0. The van der Waals surface area contributed by atoms with Crippen LogP contribution in [0.1, 0.15) is 6.92 Å². The Morgan fingerprint density at radius 3 is 3.12 bits per heavy atom. The van der Waals surface area contributed by atoms with E-state index in [0.717, 1.165) is 6.54 Å². The van der Waals surface area contributed by atoms with E-state index in [1.54, 1.807) is 0 Å². The van der Waals surface area contributed by atoms with Crippen molar-refractivity contribution in [1.82, 2.24) is 20.4 Å². The second kappa shape index (κ2) is 4.69. The van der Waals surface area contributed by atoms with Gasteiger partial charge in [-0.05, 0) is 6.54 Å². The van der Waals surface area contributed by atoms with Crippen molar-refractivity contribution in [2.75, 3.05) is 39.3 Å². The van der Waals surface area contributed by atoms with E-state index < -0.39 is 0 Å². The van der Waals surface area contributed by atoms with Crippen LogP contribution >= 0.6 is 0 Å². The molecular formula is C10H18N4O2. The summed E-state index contributed by atoms with van der Waals surface area (Å²) >= 11 is 0. The summed E-state index contributed by atoms with van der Waals surface area (Å²) in [6, 6.07) is 0.163. The minimum absolute atomic E-state index is 0.00350. The number of carbonyl (C=O) groups is 2. The first-order valence-electron chi connectivity index (χ1n) is 5.75. The Morgan fingerprint density at radius 2 is 2.38 bits per heavy atom. The van der Waals surface area contributed by atoms with Gasteiger partial charge in [0.15, 0.2) is 0 Å². The van der Waals surface area contributed by atoms with E-state index in [1.807, 2.05) is 16.7 Å². The van der Waals surface area contributed by atoms with Gasteiger partial charge in [0, 0.05) is 26.2 Å². The number of amides is 3. The molecule has 0 bridgehead atoms. The maximum atomic E-state index is 11.8. The fourth-order valence-electron chi connectivity index (χ4n) is 2.17. The van der Waals surface area contributed by atoms with Crippen LogP contribution in [0.4, 0.5) is 4.79 Å². The maximum absolute atomic E-state index is 11.8. The lowest BCUT2D eigenvalue weighted by molar-refractivity contribution is -0.132. The predicted octanol–water partition coefficient (Wildman–Crippen LogP) is -1.17. The summed E-state index contributed by atoms with van der Waals surface area (Å²) in [6.45, 7) is 5.78. The molecule has 0 aromatic heterocycles. The van der Waals surface area contributed by atoms with E-state index in [0.29, 0.717) is 32.7 Å². The van der Waals surface area contributed by atoms with Gasteiger partial charge in [0.05, 0.1) is 12.6 Å². The molecule has 2 saturated heterocycles. The van der Waals surface area contributed by atoms with E-state index >= 15 is 0 Å². The fourth-order valence-corrected chi connectivity index (χ4v) is 2.17. The number of fused-ring (bicyclic) bond motifs is 1. The van der Waals surface area contributed by atoms with E-state index in [2.05, 4.69) is 10.6 Å². The highest BCUT2D eigenvalue weighted by Gasteiger charge is 2.36. The topological polar surface area (TPSA) is 64.7 Å². The van der Waals surface area contributed by atoms with Crippen molar-refractivity contribution >= 4 is 11.9 Å². The molecule has 2 aliphatic rings. The zero-order valence-electron chi connectivity index (χ0n) is 9.53. The number of rotatable bonds is 3. The number of carbonyl (C=O) groups excluding carboxylic acids is 2. The molecule has 2 rings (SSSR count). The average molecular weight is 226 g/mol. The van der Waals surface area contributed by atoms with Crippen molar-refractivity contribution in [1.29, 1.82) is 0 Å². The highest BCUT2D eigenvalue weighted by Crippen LogP contribution is 2.13. The van der Waals surface area contributed by atoms with Gasteiger partial charge in [0.1, 0.15) is 0 Å². The summed E-state index contributed by atoms with van der Waals surface area (Å²) in [5.74, 6) is 0.126. The highest BCUT2D eigenvalue weighted by molar-refractivity contribution is 5.80. The van der Waals surface area contributed by atoms with Crippen LogP contribution in [0.3, 0.4) is 0 Å². The lowest BCUT2D eigenvalue weighted by Gasteiger charge is -2.36. The van der Waals surface area contributed by atoms with Crippen LogP contribution in [0.25, 0.3) is 0 Å². The summed E-state index contributed by atoms with van der Waals surface area (Å²) in [5, 5.41) is 5.82. The van der Waals surface area contributed by atoms with Gasteiger partial charge in [0.25, 0.3) is 0 Å². The third-order valence-electron chi connectivity index (χ3n) is 3.11. The van der Waals surface area contributed by atoms with Gasteiger partial charge in [-0.3, -0.25) is 4.79 Å². The number of nitrogens with one attached hydrogen (secondary N) is 2. The Balaban J connectivity index is 1.86. The molecule has 0 aromatic rings. The first-order valence-corrected chi connectivity index (χ1v) is 5.75. The number of likely N-dealkylation sites (N-methyl/N-ethyl adjacent to an activating group) is 1. The molecule has 2 aliphatic heterocycles. The van der Waals surface area contributed by atoms with Crippen LogP contribution in [-0.4, -0.2) is 67.0 Å². The Hall–Kier alpha value is -1.30. The summed E-state index contributed by atoms with van der Waals surface area (Å²) in [5.41, 5.74) is 0. The molecule has 0 aliphatic carbocycles. The van der Waals surface area contributed by atoms with Gasteiger partial charge in [0.2, 0.25) is 5.91 Å². The fraction of sp³-hybridized carbons (Fsp3) is 0.800. The Labute approximate surface area is 95.0 Å². The standard InChI is InChI=1S/C10H18N4O2/c1-2-11-6-9(15)13-3-4-14-8(7-13)5-12-10(14)16/h8,11H,2-7H2,1H3,(H,12,16). The molecular weight excluding hydrogens is 208 g/mol. The largest absolute Gasteiger partial charge is 0.338 e. The molecule has 90 valence electrons. The predicted molar refractivity (Wildman–Crippen MR) is 59.0 cm³/mol. The lowest BCUT2D eigenvalue weighted by atomic mass is 10.2. The van der Waals surface area contributed by atoms with Crippen LogP contribution in [0, 0.1) is 0 Å². The zero-order chi connectivity index (χ0) is 11.5. The van der Waals surface area contributed by atoms with Crippen molar-refractivity contribution in [3.05, 3.63) is 0 Å². The van der Waals surface area contributed by atoms with Gasteiger partial charge in [-0.1, -0.05) is 6.92 Å². The molecule has 0 saturated carbocycles. The minimum atomic E-state index is 0.00350. The third kappa shape index (κ3) is 2.11. The Kier molecular flexibility index (Phi) is 3.28. The van der Waals surface area contributed by atoms with Crippen molar-refractivity contribution in [2.45, 2.75) is 13.0 Å². The number of piperazine rings is 1. The first kappa shape index (κ1) is 11.2. The number of hydrogen-bond acceptors (Lipinski definition) is 3. The normalized spacial score (nSPS) is 24.3. The van der Waals surface area contributed by atoms with Crippen LogP contribution in [0.15, 0.2) is 0 Å². The summed E-state index contributed by atoms with van der Waals surface area (Å²) in [4.78, 5) is 26.8. The van der Waals surface area contributed by atoms with E-state index in [4.69, 9.17) is 0 Å². The van der Waals surface area contributed by atoms with E-state index in [-0.39, 0.29) is 18.0 Å². The third-order valence-corrected chi connectivity index (χ3v) is 3.11. The van der Waals surface area contributed by atoms with Gasteiger partial charge in [-0.25, -0.2) is 4.79 Å². The van der Waals surface area contributed by atoms with Gasteiger partial charge in [-0.2, -0.15) is 0 Å². The van der Waals surface area contributed by atoms with Gasteiger partial charge < -0.3 is 20.4 Å². The first-order chi connectivity index (χ1) is 7.72. The molecule has 3 amide bonds. The van der Waals surface area contributed by atoms with Crippen molar-refractivity contribution in [3.8, 4) is 0 Å². The molecule has 6 heteroatoms. The van der Waals surface area contributed by atoms with Crippen LogP contribution in [0.2, 0.25) is 0 Å². The summed E-state index contributed by atoms with van der Waals surface area (Å²) < 4.78 is 0. The van der Waals surface area contributed by atoms with Crippen molar-refractivity contribution < 1.29 is 9.59 Å². The molecule has 2 heterocycles. The molecule has 1 unspecified atom stereocenters. The average Bonchev–Trinajstić information content (AvgIpc) is 2.67. The molecule has 1 atom stereocenters. The van der Waals surface area contributed by atoms with Crippen LogP contribution in [-0.2, 0) is 4.79 Å². The molecule has 2 N–H and O–H groups in total. The SMILES string of the molecule is CCNCC(=O)N1CCN2C(=O)NCC2C1. The maximum Gasteiger partial charge on any atom is 0.317 e. The Bertz CT molecular complexity index is 295. The van der Waals surface area contributed by atoms with Gasteiger partial charge in [-0.15, -0.1) is 0 Å². The molecule has 0 radical (unpaired) electrons. The zero-order valence-corrected chi connectivity index (χ0v) is 9.53. The lowest BCUT2D eigenvalue weighted by Crippen LogP contribution is -2.55. The smallest absolute Gasteiger partial charge is 0.317 e. The number of nitrogens with zero attached hydrogens (tertiary/aromatic N) is 2. The van der Waals surface area contributed by atoms with E-state index in [1.165, 1.54) is 0 Å². The summed E-state index contributed by atoms with van der Waals surface area (Å²) in [6.07, 6.45) is 0. The Morgan fingerprint density at radius 1 is 1.56 bits per heavy atom. The van der Waals surface area contributed by atoms with Gasteiger partial charge >= 0.3 is 6.03 Å². The molecule has 16 heavy (non-hydrogen) atoms.